The van der Waals surface area contributed by atoms with Gasteiger partial charge >= 0.3 is 10.1 Å². The van der Waals surface area contributed by atoms with Crippen LogP contribution in [0, 0.1) is 20.8 Å². The second-order valence-electron chi connectivity index (χ2n) is 8.39. The number of benzene rings is 1. The van der Waals surface area contributed by atoms with Crippen molar-refractivity contribution in [3.63, 3.8) is 0 Å². The number of hydrogen-bond acceptors (Lipinski definition) is 5. The summed E-state index contributed by atoms with van der Waals surface area (Å²) < 4.78 is 35.7. The molecule has 29 heavy (non-hydrogen) atoms. The van der Waals surface area contributed by atoms with Crippen molar-refractivity contribution < 1.29 is 22.1 Å². The highest BCUT2D eigenvalue weighted by molar-refractivity contribution is 7.86. The van der Waals surface area contributed by atoms with E-state index in [4.69, 9.17) is 8.92 Å². The summed E-state index contributed by atoms with van der Waals surface area (Å²) in [4.78, 5) is 13.1. The Labute approximate surface area is 173 Å². The van der Waals surface area contributed by atoms with Crippen molar-refractivity contribution in [3.05, 3.63) is 40.1 Å². The lowest BCUT2D eigenvalue weighted by Gasteiger charge is -2.26. The molecule has 3 rings (SSSR count). The maximum atomic E-state index is 13.1. The lowest BCUT2D eigenvalue weighted by atomic mass is 9.89. The normalized spacial score (nSPS) is 24.4. The van der Waals surface area contributed by atoms with Crippen molar-refractivity contribution in [1.82, 2.24) is 5.32 Å². The van der Waals surface area contributed by atoms with Gasteiger partial charge in [-0.1, -0.05) is 31.0 Å². The topological polar surface area (TPSA) is 81.7 Å². The van der Waals surface area contributed by atoms with Crippen LogP contribution in [0.2, 0.25) is 0 Å². The molecule has 1 aliphatic heterocycles. The van der Waals surface area contributed by atoms with Gasteiger partial charge in [0, 0.05) is 13.0 Å². The number of carbonyl (C=O) groups is 1. The molecule has 1 aromatic rings. The van der Waals surface area contributed by atoms with Gasteiger partial charge in [0.25, 0.3) is 5.91 Å². The van der Waals surface area contributed by atoms with Crippen LogP contribution in [-0.4, -0.2) is 38.8 Å². The van der Waals surface area contributed by atoms with Crippen molar-refractivity contribution in [2.24, 2.45) is 0 Å². The smallest absolute Gasteiger partial charge is 0.306 e. The molecule has 1 aromatic carbocycles. The van der Waals surface area contributed by atoms with Gasteiger partial charge in [0.1, 0.15) is 5.54 Å². The molecule has 1 aliphatic carbocycles. The SMILES string of the molecule is CCCCOC1CCC2(C1)NC(=O)C(c1c(C)cc(C)cc1C)=C2OS(C)(=O)=O. The van der Waals surface area contributed by atoms with Crippen LogP contribution in [0.3, 0.4) is 0 Å². The lowest BCUT2D eigenvalue weighted by Crippen LogP contribution is -2.43. The quantitative estimate of drug-likeness (QED) is 0.538. The van der Waals surface area contributed by atoms with Gasteiger partial charge in [-0.25, -0.2) is 0 Å². The molecule has 0 aromatic heterocycles. The molecule has 0 bridgehead atoms. The van der Waals surface area contributed by atoms with Gasteiger partial charge in [0.15, 0.2) is 5.76 Å². The van der Waals surface area contributed by atoms with Crippen molar-refractivity contribution in [1.29, 1.82) is 0 Å². The fourth-order valence-corrected chi connectivity index (χ4v) is 5.16. The number of amides is 1. The molecule has 1 N–H and O–H groups in total. The van der Waals surface area contributed by atoms with E-state index in [2.05, 4.69) is 12.2 Å². The van der Waals surface area contributed by atoms with E-state index in [1.165, 1.54) is 0 Å². The third-order valence-corrected chi connectivity index (χ3v) is 6.19. The Bertz CT molecular complexity index is 927. The number of ether oxygens (including phenoxy) is 1. The monoisotopic (exact) mass is 421 g/mol. The summed E-state index contributed by atoms with van der Waals surface area (Å²) in [6.07, 6.45) is 4.87. The van der Waals surface area contributed by atoms with E-state index in [1.807, 2.05) is 32.9 Å². The summed E-state index contributed by atoms with van der Waals surface area (Å²) in [6.45, 7) is 8.64. The van der Waals surface area contributed by atoms with E-state index in [1.54, 1.807) is 0 Å². The van der Waals surface area contributed by atoms with Gasteiger partial charge < -0.3 is 14.2 Å². The minimum absolute atomic E-state index is 0.0282. The Morgan fingerprint density at radius 3 is 2.45 bits per heavy atom. The average molecular weight is 422 g/mol. The van der Waals surface area contributed by atoms with Gasteiger partial charge in [0.2, 0.25) is 0 Å². The van der Waals surface area contributed by atoms with Crippen LogP contribution in [-0.2, 0) is 23.8 Å². The third-order valence-electron chi connectivity index (χ3n) is 5.72. The Hall–Kier alpha value is -1.86. The summed E-state index contributed by atoms with van der Waals surface area (Å²) in [6, 6.07) is 3.99. The molecule has 1 saturated carbocycles. The van der Waals surface area contributed by atoms with Crippen LogP contribution < -0.4 is 5.32 Å². The molecule has 1 fully saturated rings. The molecule has 2 aliphatic rings. The molecule has 7 heteroatoms. The number of rotatable bonds is 7. The fraction of sp³-hybridized carbons (Fsp3) is 0.591. The van der Waals surface area contributed by atoms with E-state index in [0.29, 0.717) is 25.0 Å². The molecule has 1 heterocycles. The summed E-state index contributed by atoms with van der Waals surface area (Å²) in [5, 5.41) is 3.06. The zero-order valence-electron chi connectivity index (χ0n) is 17.9. The van der Waals surface area contributed by atoms with E-state index in [9.17, 15) is 13.2 Å². The minimum atomic E-state index is -3.80. The Morgan fingerprint density at radius 1 is 1.21 bits per heavy atom. The summed E-state index contributed by atoms with van der Waals surface area (Å²) in [5.41, 5.74) is 3.18. The zero-order chi connectivity index (χ0) is 21.4. The molecule has 0 radical (unpaired) electrons. The molecule has 1 spiro atoms. The first-order chi connectivity index (χ1) is 13.6. The third kappa shape index (κ3) is 4.51. The predicted octanol–water partition coefficient (Wildman–Crippen LogP) is 3.54. The van der Waals surface area contributed by atoms with Crippen molar-refractivity contribution in [2.45, 2.75) is 71.4 Å². The van der Waals surface area contributed by atoms with Crippen LogP contribution in [0.4, 0.5) is 0 Å². The maximum Gasteiger partial charge on any atom is 0.306 e. The van der Waals surface area contributed by atoms with Crippen LogP contribution in [0.15, 0.2) is 17.9 Å². The Balaban J connectivity index is 2.08. The van der Waals surface area contributed by atoms with Crippen LogP contribution in [0.5, 0.6) is 0 Å². The highest BCUT2D eigenvalue weighted by Gasteiger charge is 2.53. The average Bonchev–Trinajstić information content (AvgIpc) is 3.09. The molecular formula is C22H31NO5S. The largest absolute Gasteiger partial charge is 0.384 e. The molecular weight excluding hydrogens is 390 g/mol. The van der Waals surface area contributed by atoms with Gasteiger partial charge in [-0.3, -0.25) is 4.79 Å². The summed E-state index contributed by atoms with van der Waals surface area (Å²) in [5.74, 6) is -0.0606. The number of nitrogens with one attached hydrogen (secondary N) is 1. The van der Waals surface area contributed by atoms with E-state index >= 15 is 0 Å². The minimum Gasteiger partial charge on any atom is -0.384 e. The van der Waals surface area contributed by atoms with Crippen LogP contribution in [0.25, 0.3) is 5.57 Å². The van der Waals surface area contributed by atoms with Gasteiger partial charge in [-0.05, 0) is 56.7 Å². The second kappa shape index (κ2) is 8.11. The number of carbonyl (C=O) groups excluding carboxylic acids is 1. The Kier molecular flexibility index (Phi) is 6.11. The molecule has 2 atom stereocenters. The molecule has 0 saturated heterocycles. The first-order valence-corrected chi connectivity index (χ1v) is 12.0. The summed E-state index contributed by atoms with van der Waals surface area (Å²) >= 11 is 0. The first-order valence-electron chi connectivity index (χ1n) is 10.2. The number of unbranched alkanes of at least 4 members (excludes halogenated alkanes) is 1. The van der Waals surface area contributed by atoms with Gasteiger partial charge in [-0.15, -0.1) is 0 Å². The van der Waals surface area contributed by atoms with Crippen LogP contribution >= 0.6 is 0 Å². The fourth-order valence-electron chi connectivity index (χ4n) is 4.61. The lowest BCUT2D eigenvalue weighted by molar-refractivity contribution is -0.116. The first kappa shape index (κ1) is 21.8. The predicted molar refractivity (Wildman–Crippen MR) is 113 cm³/mol. The zero-order valence-corrected chi connectivity index (χ0v) is 18.7. The molecule has 1 amide bonds. The Morgan fingerprint density at radius 2 is 1.86 bits per heavy atom. The molecule has 2 unspecified atom stereocenters. The number of aryl methyl sites for hydroxylation is 3. The number of hydrogen-bond donors (Lipinski definition) is 1. The standard InChI is InChI=1S/C22H31NO5S/c1-6-7-10-27-17-8-9-22(13-17)20(28-29(5,25)26)19(21(24)23-22)18-15(3)11-14(2)12-16(18)4/h11-12,17H,6-10,13H2,1-5H3,(H,23,24). The maximum absolute atomic E-state index is 13.1. The molecule has 160 valence electrons. The highest BCUT2D eigenvalue weighted by atomic mass is 32.2. The van der Waals surface area contributed by atoms with Gasteiger partial charge in [0.05, 0.1) is 17.9 Å². The van der Waals surface area contributed by atoms with E-state index in [0.717, 1.165) is 47.8 Å². The van der Waals surface area contributed by atoms with E-state index in [-0.39, 0.29) is 17.8 Å². The van der Waals surface area contributed by atoms with Crippen molar-refractivity contribution in [2.75, 3.05) is 12.9 Å². The van der Waals surface area contributed by atoms with Gasteiger partial charge in [-0.2, -0.15) is 8.42 Å². The molecule has 6 nitrogen and oxygen atoms in total. The summed E-state index contributed by atoms with van der Waals surface area (Å²) in [7, 11) is -3.80. The van der Waals surface area contributed by atoms with Crippen molar-refractivity contribution >= 4 is 21.6 Å². The van der Waals surface area contributed by atoms with Crippen molar-refractivity contribution in [3.8, 4) is 0 Å². The highest BCUT2D eigenvalue weighted by Crippen LogP contribution is 2.46. The second-order valence-corrected chi connectivity index (χ2v) is 9.97. The van der Waals surface area contributed by atoms with E-state index < -0.39 is 15.7 Å². The van der Waals surface area contributed by atoms with Crippen LogP contribution in [0.1, 0.15) is 61.3 Å².